The van der Waals surface area contributed by atoms with Gasteiger partial charge in [-0.15, -0.1) is 0 Å². The summed E-state index contributed by atoms with van der Waals surface area (Å²) in [5.74, 6) is 0.830. The maximum absolute atomic E-state index is 5.94. The van der Waals surface area contributed by atoms with Crippen LogP contribution in [0.5, 0.6) is 0 Å². The minimum atomic E-state index is 0.730. The maximum atomic E-state index is 5.94. The Labute approximate surface area is 110 Å². The molecule has 1 N–H and O–H groups in total. The van der Waals surface area contributed by atoms with Crippen LogP contribution in [0.2, 0.25) is 5.02 Å². The number of anilines is 2. The van der Waals surface area contributed by atoms with Gasteiger partial charge in [0.1, 0.15) is 5.82 Å². The monoisotopic (exact) mass is 254 g/mol. The van der Waals surface area contributed by atoms with Gasteiger partial charge >= 0.3 is 0 Å². The molecule has 0 amide bonds. The lowest BCUT2D eigenvalue weighted by molar-refractivity contribution is 1.37. The predicted octanol–water partition coefficient (Wildman–Crippen LogP) is 4.63. The van der Waals surface area contributed by atoms with E-state index in [2.05, 4.69) is 10.3 Å². The molecule has 0 bridgehead atoms. The van der Waals surface area contributed by atoms with E-state index in [1.54, 1.807) is 0 Å². The molecule has 0 saturated carbocycles. The molecule has 18 heavy (non-hydrogen) atoms. The number of hydrogen-bond acceptors (Lipinski definition) is 2. The molecule has 3 heteroatoms. The van der Waals surface area contributed by atoms with Crippen LogP contribution in [0.4, 0.5) is 11.5 Å². The Morgan fingerprint density at radius 3 is 2.56 bits per heavy atom. The molecule has 3 rings (SSSR count). The molecular formula is C15H11ClN2. The highest BCUT2D eigenvalue weighted by Gasteiger charge is 1.99. The predicted molar refractivity (Wildman–Crippen MR) is 76.5 cm³/mol. The maximum Gasteiger partial charge on any atom is 0.131 e. The Morgan fingerprint density at radius 2 is 1.72 bits per heavy atom. The smallest absolute Gasteiger partial charge is 0.131 e. The Morgan fingerprint density at radius 1 is 0.889 bits per heavy atom. The first-order valence-corrected chi connectivity index (χ1v) is 6.07. The average Bonchev–Trinajstić information content (AvgIpc) is 2.40. The number of fused-ring (bicyclic) bond motifs is 1. The topological polar surface area (TPSA) is 24.9 Å². The zero-order valence-electron chi connectivity index (χ0n) is 9.60. The lowest BCUT2D eigenvalue weighted by Gasteiger charge is -2.06. The van der Waals surface area contributed by atoms with Crippen LogP contribution >= 0.6 is 11.6 Å². The highest BCUT2D eigenvalue weighted by Crippen LogP contribution is 2.21. The molecule has 0 radical (unpaired) electrons. The number of halogens is 1. The van der Waals surface area contributed by atoms with Gasteiger partial charge in [0.25, 0.3) is 0 Å². The minimum absolute atomic E-state index is 0.730. The Kier molecular flexibility index (Phi) is 2.87. The van der Waals surface area contributed by atoms with Gasteiger partial charge in [-0.3, -0.25) is 0 Å². The summed E-state index contributed by atoms with van der Waals surface area (Å²) in [7, 11) is 0. The van der Waals surface area contributed by atoms with E-state index in [1.165, 1.54) is 0 Å². The standard InChI is InChI=1S/C15H11ClN2/c16-12-7-8-14-11(10-12)6-9-15(18-14)17-13-4-2-1-3-5-13/h1-10H,(H,17,18). The Balaban J connectivity index is 1.96. The van der Waals surface area contributed by atoms with Crippen LogP contribution in [0.3, 0.4) is 0 Å². The van der Waals surface area contributed by atoms with Crippen molar-refractivity contribution in [2.75, 3.05) is 5.32 Å². The largest absolute Gasteiger partial charge is 0.340 e. The lowest BCUT2D eigenvalue weighted by atomic mass is 10.2. The number of para-hydroxylation sites is 1. The normalized spacial score (nSPS) is 10.5. The summed E-state index contributed by atoms with van der Waals surface area (Å²) in [6, 6.07) is 19.6. The van der Waals surface area contributed by atoms with Crippen molar-refractivity contribution in [3.63, 3.8) is 0 Å². The summed E-state index contributed by atoms with van der Waals surface area (Å²) in [5, 5.41) is 5.04. The molecule has 2 nitrogen and oxygen atoms in total. The highest BCUT2D eigenvalue weighted by molar-refractivity contribution is 6.31. The fourth-order valence-electron chi connectivity index (χ4n) is 1.84. The van der Waals surface area contributed by atoms with E-state index in [9.17, 15) is 0 Å². The molecule has 2 aromatic carbocycles. The van der Waals surface area contributed by atoms with Crippen LogP contribution in [0, 0.1) is 0 Å². The zero-order valence-corrected chi connectivity index (χ0v) is 10.4. The Hall–Kier alpha value is -2.06. The number of aromatic nitrogens is 1. The van der Waals surface area contributed by atoms with Crippen molar-refractivity contribution in [3.05, 3.63) is 65.7 Å². The van der Waals surface area contributed by atoms with Crippen LogP contribution in [-0.4, -0.2) is 4.98 Å². The summed E-state index contributed by atoms with van der Waals surface area (Å²) in [4.78, 5) is 4.54. The summed E-state index contributed by atoms with van der Waals surface area (Å²) in [6.45, 7) is 0. The second kappa shape index (κ2) is 4.67. The molecular weight excluding hydrogens is 244 g/mol. The number of benzene rings is 2. The van der Waals surface area contributed by atoms with Crippen LogP contribution in [0.1, 0.15) is 0 Å². The van der Waals surface area contributed by atoms with Gasteiger partial charge in [0.05, 0.1) is 5.52 Å². The van der Waals surface area contributed by atoms with E-state index in [-0.39, 0.29) is 0 Å². The van der Waals surface area contributed by atoms with E-state index < -0.39 is 0 Å². The lowest BCUT2D eigenvalue weighted by Crippen LogP contribution is -1.93. The number of hydrogen-bond donors (Lipinski definition) is 1. The summed E-state index contributed by atoms with van der Waals surface area (Å²) >= 11 is 5.94. The number of nitrogens with zero attached hydrogens (tertiary/aromatic N) is 1. The number of pyridine rings is 1. The van der Waals surface area contributed by atoms with Gasteiger partial charge in [0.2, 0.25) is 0 Å². The van der Waals surface area contributed by atoms with E-state index in [4.69, 9.17) is 11.6 Å². The molecule has 0 aliphatic heterocycles. The van der Waals surface area contributed by atoms with Gasteiger partial charge in [0, 0.05) is 16.1 Å². The van der Waals surface area contributed by atoms with Gasteiger partial charge in [-0.25, -0.2) is 4.98 Å². The molecule has 0 aliphatic carbocycles. The number of rotatable bonds is 2. The van der Waals surface area contributed by atoms with E-state index >= 15 is 0 Å². The number of nitrogens with one attached hydrogen (secondary N) is 1. The first kappa shape index (κ1) is 11.1. The second-order valence-electron chi connectivity index (χ2n) is 4.02. The van der Waals surface area contributed by atoms with Gasteiger partial charge in [-0.1, -0.05) is 29.8 Å². The molecule has 88 valence electrons. The third-order valence-electron chi connectivity index (χ3n) is 2.70. The van der Waals surface area contributed by atoms with Gasteiger partial charge < -0.3 is 5.32 Å². The highest BCUT2D eigenvalue weighted by atomic mass is 35.5. The molecule has 0 aliphatic rings. The average molecular weight is 255 g/mol. The summed E-state index contributed by atoms with van der Waals surface area (Å²) in [5.41, 5.74) is 1.96. The van der Waals surface area contributed by atoms with Crippen molar-refractivity contribution in [2.45, 2.75) is 0 Å². The molecule has 0 saturated heterocycles. The molecule has 0 atom stereocenters. The van der Waals surface area contributed by atoms with Crippen LogP contribution in [-0.2, 0) is 0 Å². The molecule has 1 heterocycles. The Bertz CT molecular complexity index is 680. The van der Waals surface area contributed by atoms with Crippen LogP contribution in [0.25, 0.3) is 10.9 Å². The second-order valence-corrected chi connectivity index (χ2v) is 4.46. The van der Waals surface area contributed by atoms with Crippen molar-refractivity contribution < 1.29 is 0 Å². The minimum Gasteiger partial charge on any atom is -0.340 e. The van der Waals surface area contributed by atoms with Crippen molar-refractivity contribution >= 4 is 34.0 Å². The van der Waals surface area contributed by atoms with Crippen molar-refractivity contribution in [3.8, 4) is 0 Å². The first-order chi connectivity index (χ1) is 8.81. The zero-order chi connectivity index (χ0) is 12.4. The SMILES string of the molecule is Clc1ccc2nc(Nc3ccccc3)ccc2c1. The van der Waals surface area contributed by atoms with E-state index in [0.717, 1.165) is 27.4 Å². The van der Waals surface area contributed by atoms with E-state index in [0.29, 0.717) is 0 Å². The van der Waals surface area contributed by atoms with Crippen molar-refractivity contribution in [2.24, 2.45) is 0 Å². The third-order valence-corrected chi connectivity index (χ3v) is 2.93. The van der Waals surface area contributed by atoms with Crippen LogP contribution < -0.4 is 5.32 Å². The summed E-state index contributed by atoms with van der Waals surface area (Å²) < 4.78 is 0. The molecule has 0 fully saturated rings. The van der Waals surface area contributed by atoms with E-state index in [1.807, 2.05) is 60.7 Å². The van der Waals surface area contributed by atoms with Crippen molar-refractivity contribution in [1.29, 1.82) is 0 Å². The van der Waals surface area contributed by atoms with Gasteiger partial charge in [-0.05, 0) is 42.5 Å². The first-order valence-electron chi connectivity index (χ1n) is 5.70. The third kappa shape index (κ3) is 2.29. The van der Waals surface area contributed by atoms with Gasteiger partial charge in [-0.2, -0.15) is 0 Å². The molecule has 0 unspecified atom stereocenters. The fraction of sp³-hybridized carbons (Fsp3) is 0. The molecule has 3 aromatic rings. The quantitative estimate of drug-likeness (QED) is 0.721. The van der Waals surface area contributed by atoms with Crippen LogP contribution in [0.15, 0.2) is 60.7 Å². The van der Waals surface area contributed by atoms with Crippen molar-refractivity contribution in [1.82, 2.24) is 4.98 Å². The molecule has 1 aromatic heterocycles. The fourth-order valence-corrected chi connectivity index (χ4v) is 2.02. The summed E-state index contributed by atoms with van der Waals surface area (Å²) in [6.07, 6.45) is 0. The molecule has 0 spiro atoms. The van der Waals surface area contributed by atoms with Gasteiger partial charge in [0.15, 0.2) is 0 Å².